The molecule has 1 heterocycles. The molecule has 4 saturated carbocycles. The van der Waals surface area contributed by atoms with Crippen LogP contribution in [0.3, 0.4) is 0 Å². The molecular formula is C38H60O13. The maximum atomic E-state index is 12.2. The lowest BCUT2D eigenvalue weighted by Gasteiger charge is -2.72. The Kier molecular flexibility index (Phi) is 9.71. The van der Waals surface area contributed by atoms with Crippen molar-refractivity contribution in [3.8, 4) is 0 Å². The van der Waals surface area contributed by atoms with Gasteiger partial charge in [-0.25, -0.2) is 4.79 Å². The Labute approximate surface area is 300 Å². The number of hydrogen-bond donors (Lipinski definition) is 8. The highest BCUT2D eigenvalue weighted by molar-refractivity contribution is 5.73. The number of aliphatic hydroxyl groups excluding tert-OH is 7. The number of carboxylic acid groups (broad SMARTS) is 1. The molecule has 0 aromatic heterocycles. The third-order valence-electron chi connectivity index (χ3n) is 15.9. The molecule has 0 bridgehead atoms. The number of carbonyl (C=O) groups is 2. The standard InChI is InChI=1S/C38H60O13/c1-18(40)49-17-38-20(14-33(2,3)29(45)30(38)46)19-8-9-22-34(4)12-11-24(50-32-27(44)25(42)26(43)28(51-32)31(47)48)35(5,16-39)21(34)10-13-36(22,6)37(19,7)15-23(38)41/h8,20-30,32,39,41-46H,9-17H2,1-7H3,(H,47,48)/t20-,21+,22+,23-,24-,25-,26-,27+,28-,29-,30-,32+,34-,35-,36+,37+,38-/m0/s1. The number of aliphatic hydroxyl groups is 7. The van der Waals surface area contributed by atoms with E-state index in [2.05, 4.69) is 26.8 Å². The van der Waals surface area contributed by atoms with E-state index in [9.17, 15) is 50.4 Å². The van der Waals surface area contributed by atoms with Crippen LogP contribution in [0.25, 0.3) is 0 Å². The highest BCUT2D eigenvalue weighted by Crippen LogP contribution is 2.76. The van der Waals surface area contributed by atoms with Crippen LogP contribution in [-0.2, 0) is 23.8 Å². The SMILES string of the molecule is CC(=O)OC[C@@]12[C@@H](O)C[C@]3(C)C(=CC[C@@H]4[C@@]5(C)CC[C@H](O[C@@H]6O[C@H](C(=O)O)[C@@H](O)[C@H](O)[C@H]6O)[C@@](C)(CO)[C@@H]5CC[C@]43C)[C@@H]1CC(C)(C)[C@@H](O)[C@@H]2O. The van der Waals surface area contributed by atoms with Crippen LogP contribution >= 0.6 is 0 Å². The molecule has 1 aliphatic heterocycles. The largest absolute Gasteiger partial charge is 0.479 e. The van der Waals surface area contributed by atoms with Crippen molar-refractivity contribution in [1.29, 1.82) is 0 Å². The minimum Gasteiger partial charge on any atom is -0.479 e. The molecule has 290 valence electrons. The Morgan fingerprint density at radius 2 is 1.55 bits per heavy atom. The molecule has 0 radical (unpaired) electrons. The maximum Gasteiger partial charge on any atom is 0.335 e. The van der Waals surface area contributed by atoms with Crippen LogP contribution in [0.15, 0.2) is 11.6 Å². The summed E-state index contributed by atoms with van der Waals surface area (Å²) in [4.78, 5) is 23.8. The average Bonchev–Trinajstić information content (AvgIpc) is 3.04. The minimum absolute atomic E-state index is 0.0564. The molecule has 5 fully saturated rings. The summed E-state index contributed by atoms with van der Waals surface area (Å²) in [5, 5.41) is 87.3. The first kappa shape index (κ1) is 39.0. The number of esters is 1. The van der Waals surface area contributed by atoms with Crippen molar-refractivity contribution in [2.75, 3.05) is 13.2 Å². The van der Waals surface area contributed by atoms with Gasteiger partial charge in [0, 0.05) is 12.3 Å². The molecule has 13 heteroatoms. The fourth-order valence-electron chi connectivity index (χ4n) is 12.7. The summed E-state index contributed by atoms with van der Waals surface area (Å²) in [6.45, 7) is 13.5. The molecule has 13 nitrogen and oxygen atoms in total. The number of rotatable bonds is 6. The van der Waals surface area contributed by atoms with Gasteiger partial charge in [0.25, 0.3) is 0 Å². The Hall–Kier alpha value is -1.68. The second-order valence-corrected chi connectivity index (χ2v) is 18.6. The number of fused-ring (bicyclic) bond motifs is 7. The Bertz CT molecular complexity index is 1420. The van der Waals surface area contributed by atoms with Gasteiger partial charge in [0.1, 0.15) is 24.9 Å². The van der Waals surface area contributed by atoms with E-state index < -0.39 is 88.7 Å². The van der Waals surface area contributed by atoms with Crippen molar-refractivity contribution in [3.05, 3.63) is 11.6 Å². The maximum absolute atomic E-state index is 12.2. The van der Waals surface area contributed by atoms with Crippen LogP contribution in [0.1, 0.15) is 93.4 Å². The number of aliphatic carboxylic acids is 1. The second-order valence-electron chi connectivity index (χ2n) is 18.6. The number of hydrogen-bond acceptors (Lipinski definition) is 12. The van der Waals surface area contributed by atoms with E-state index in [0.717, 1.165) is 12.0 Å². The summed E-state index contributed by atoms with van der Waals surface area (Å²) in [5.74, 6) is -2.29. The number of ether oxygens (including phenoxy) is 3. The first-order chi connectivity index (χ1) is 23.6. The van der Waals surface area contributed by atoms with Crippen molar-refractivity contribution in [3.63, 3.8) is 0 Å². The van der Waals surface area contributed by atoms with E-state index >= 15 is 0 Å². The van der Waals surface area contributed by atoms with Crippen LogP contribution in [0, 0.1) is 50.2 Å². The van der Waals surface area contributed by atoms with Gasteiger partial charge in [0.15, 0.2) is 12.4 Å². The second kappa shape index (κ2) is 12.7. The van der Waals surface area contributed by atoms with Gasteiger partial charge in [-0.1, -0.05) is 53.2 Å². The summed E-state index contributed by atoms with van der Waals surface area (Å²) >= 11 is 0. The lowest BCUT2D eigenvalue weighted by atomic mass is 9.33. The molecule has 51 heavy (non-hydrogen) atoms. The highest BCUT2D eigenvalue weighted by atomic mass is 16.7. The molecule has 8 N–H and O–H groups in total. The summed E-state index contributed by atoms with van der Waals surface area (Å²) in [6, 6.07) is 0. The van der Waals surface area contributed by atoms with Crippen LogP contribution in [0.2, 0.25) is 0 Å². The monoisotopic (exact) mass is 724 g/mol. The zero-order chi connectivity index (χ0) is 37.9. The van der Waals surface area contributed by atoms with E-state index in [4.69, 9.17) is 14.2 Å². The zero-order valence-corrected chi connectivity index (χ0v) is 31.0. The van der Waals surface area contributed by atoms with Crippen molar-refractivity contribution in [1.82, 2.24) is 0 Å². The van der Waals surface area contributed by atoms with Gasteiger partial charge in [0.2, 0.25) is 0 Å². The summed E-state index contributed by atoms with van der Waals surface area (Å²) in [5.41, 5.74) is -2.75. The van der Waals surface area contributed by atoms with Gasteiger partial charge in [-0.3, -0.25) is 4.79 Å². The first-order valence-corrected chi connectivity index (χ1v) is 18.6. The van der Waals surface area contributed by atoms with E-state index in [0.29, 0.717) is 38.5 Å². The fourth-order valence-corrected chi connectivity index (χ4v) is 12.7. The molecule has 0 aromatic carbocycles. The third kappa shape index (κ3) is 5.34. The molecular weight excluding hydrogens is 664 g/mol. The van der Waals surface area contributed by atoms with Crippen LogP contribution in [0.4, 0.5) is 0 Å². The molecule has 0 spiro atoms. The quantitative estimate of drug-likeness (QED) is 0.111. The third-order valence-corrected chi connectivity index (χ3v) is 15.9. The summed E-state index contributed by atoms with van der Waals surface area (Å²) in [7, 11) is 0. The molecule has 17 atom stereocenters. The van der Waals surface area contributed by atoms with Crippen molar-refractivity contribution < 1.29 is 64.7 Å². The van der Waals surface area contributed by atoms with Crippen LogP contribution < -0.4 is 0 Å². The molecule has 0 aromatic rings. The Morgan fingerprint density at radius 3 is 2.16 bits per heavy atom. The average molecular weight is 725 g/mol. The molecule has 1 saturated heterocycles. The smallest absolute Gasteiger partial charge is 0.335 e. The first-order valence-electron chi connectivity index (χ1n) is 18.6. The molecule has 6 aliphatic rings. The molecule has 6 rings (SSSR count). The zero-order valence-electron chi connectivity index (χ0n) is 31.0. The Balaban J connectivity index is 1.34. The highest BCUT2D eigenvalue weighted by Gasteiger charge is 2.73. The fraction of sp³-hybridized carbons (Fsp3) is 0.895. The van der Waals surface area contributed by atoms with Gasteiger partial charge in [0.05, 0.1) is 36.4 Å². The van der Waals surface area contributed by atoms with Gasteiger partial charge < -0.3 is 55.1 Å². The summed E-state index contributed by atoms with van der Waals surface area (Å²) < 4.78 is 17.3. The lowest BCUT2D eigenvalue weighted by Crippen LogP contribution is -2.72. The van der Waals surface area contributed by atoms with E-state index in [1.165, 1.54) is 6.92 Å². The van der Waals surface area contributed by atoms with Gasteiger partial charge in [-0.2, -0.15) is 0 Å². The summed E-state index contributed by atoms with van der Waals surface area (Å²) in [6.07, 6.45) is -6.38. The molecule has 0 amide bonds. The van der Waals surface area contributed by atoms with Crippen LogP contribution in [0.5, 0.6) is 0 Å². The lowest BCUT2D eigenvalue weighted by molar-refractivity contribution is -0.328. The van der Waals surface area contributed by atoms with Crippen LogP contribution in [-0.4, -0.2) is 121 Å². The predicted molar refractivity (Wildman–Crippen MR) is 180 cm³/mol. The van der Waals surface area contributed by atoms with Gasteiger partial charge in [-0.05, 0) is 84.4 Å². The molecule has 5 aliphatic carbocycles. The molecule has 0 unspecified atom stereocenters. The van der Waals surface area contributed by atoms with E-state index in [-0.39, 0.29) is 41.8 Å². The Morgan fingerprint density at radius 1 is 0.882 bits per heavy atom. The van der Waals surface area contributed by atoms with Crippen molar-refractivity contribution in [2.45, 2.75) is 149 Å². The number of allylic oxidation sites excluding steroid dienone is 2. The predicted octanol–water partition coefficient (Wildman–Crippen LogP) is 1.51. The van der Waals surface area contributed by atoms with Gasteiger partial charge >= 0.3 is 11.9 Å². The van der Waals surface area contributed by atoms with E-state index in [1.54, 1.807) is 0 Å². The van der Waals surface area contributed by atoms with Gasteiger partial charge in [-0.15, -0.1) is 0 Å². The topological polar surface area (TPSA) is 224 Å². The normalized spacial score (nSPS) is 53.4. The van der Waals surface area contributed by atoms with E-state index in [1.807, 2.05) is 20.8 Å². The minimum atomic E-state index is -1.84. The van der Waals surface area contributed by atoms with Crippen molar-refractivity contribution >= 4 is 11.9 Å². The van der Waals surface area contributed by atoms with Crippen molar-refractivity contribution in [2.24, 2.45) is 50.2 Å². The number of carboxylic acids is 1. The number of carbonyl (C=O) groups excluding carboxylic acids is 1.